The fraction of sp³-hybridized carbons (Fsp3) is 0.400. The van der Waals surface area contributed by atoms with Gasteiger partial charge in [-0.1, -0.05) is 0 Å². The molecule has 10 heteroatoms. The number of benzene rings is 2. The molecule has 2 aliphatic heterocycles. The van der Waals surface area contributed by atoms with Crippen molar-refractivity contribution in [2.75, 3.05) is 37.7 Å². The van der Waals surface area contributed by atoms with Crippen molar-refractivity contribution in [2.45, 2.75) is 37.6 Å². The monoisotopic (exact) mass is 564 g/mol. The van der Waals surface area contributed by atoms with Gasteiger partial charge in [0, 0.05) is 0 Å². The number of aromatic carboxylic acids is 1. The molecule has 2 heterocycles. The zero-order valence-electron chi connectivity index (χ0n) is 19.8. The van der Waals surface area contributed by atoms with E-state index in [0.29, 0.717) is 18.8 Å². The first kappa shape index (κ1) is 25.7. The van der Waals surface area contributed by atoms with E-state index in [0.717, 1.165) is 38.5 Å². The number of hydrogen-bond acceptors (Lipinski definition) is 6. The van der Waals surface area contributed by atoms with Crippen LogP contribution in [0.2, 0.25) is 0 Å². The molecule has 35 heavy (non-hydrogen) atoms. The molecule has 1 saturated heterocycles. The van der Waals surface area contributed by atoms with Crippen molar-refractivity contribution in [1.29, 1.82) is 0 Å². The molecule has 0 amide bonds. The minimum atomic E-state index is -3.86. The Hall–Kier alpha value is -2.35. The van der Waals surface area contributed by atoms with Crippen LogP contribution in [-0.4, -0.2) is 77.8 Å². The molecule has 0 saturated carbocycles. The molecule has 2 aromatic rings. The van der Waals surface area contributed by atoms with E-state index in [2.05, 4.69) is 9.80 Å². The Labute approximate surface area is 211 Å². The fourth-order valence-electron chi connectivity index (χ4n) is 4.65. The first-order valence-corrected chi connectivity index (χ1v) is 16.9. The molecule has 0 bridgehead atoms. The maximum atomic E-state index is 14.0. The number of carboxylic acid groups (broad SMARTS) is 1. The van der Waals surface area contributed by atoms with Gasteiger partial charge in [0.2, 0.25) is 0 Å². The summed E-state index contributed by atoms with van der Waals surface area (Å²) in [5.74, 6) is -1.47. The number of halogens is 1. The van der Waals surface area contributed by atoms with Crippen LogP contribution in [0.25, 0.3) is 6.08 Å². The quantitative estimate of drug-likeness (QED) is 0.469. The summed E-state index contributed by atoms with van der Waals surface area (Å²) in [5.41, 5.74) is 0.912. The molecule has 0 aliphatic carbocycles. The number of fused-ring (bicyclic) bond motifs is 3. The van der Waals surface area contributed by atoms with Gasteiger partial charge in [-0.05, 0) is 0 Å². The SMILES string of the molecule is CCN(CC)CC=Cc1cc(F)ccc1S(=O)(=O)[AsH]c1ccc2c(c1C(=O)O)OC[C@@H]1CCCN21. The van der Waals surface area contributed by atoms with Gasteiger partial charge in [0.25, 0.3) is 0 Å². The summed E-state index contributed by atoms with van der Waals surface area (Å²) in [7, 11) is -3.86. The van der Waals surface area contributed by atoms with E-state index in [1.54, 1.807) is 18.2 Å². The number of carbonyl (C=O) groups is 1. The number of carboxylic acids is 1. The van der Waals surface area contributed by atoms with E-state index < -0.39 is 34.5 Å². The zero-order chi connectivity index (χ0) is 25.2. The minimum absolute atomic E-state index is 0.0179. The number of nitrogens with zero attached hydrogens (tertiary/aromatic N) is 2. The third-order valence-electron chi connectivity index (χ3n) is 6.52. The molecule has 1 unspecified atom stereocenters. The van der Waals surface area contributed by atoms with Gasteiger partial charge >= 0.3 is 212 Å². The van der Waals surface area contributed by atoms with Crippen LogP contribution >= 0.6 is 0 Å². The number of anilines is 1. The van der Waals surface area contributed by atoms with Crippen molar-refractivity contribution >= 4 is 44.8 Å². The van der Waals surface area contributed by atoms with Crippen LogP contribution in [0.5, 0.6) is 5.75 Å². The molecule has 2 atom stereocenters. The van der Waals surface area contributed by atoms with Gasteiger partial charge < -0.3 is 0 Å². The summed E-state index contributed by atoms with van der Waals surface area (Å²) in [6, 6.07) is 7.23. The van der Waals surface area contributed by atoms with Crippen LogP contribution in [0, 0.1) is 5.82 Å². The van der Waals surface area contributed by atoms with Crippen LogP contribution < -0.4 is 14.0 Å². The van der Waals surface area contributed by atoms with Crippen molar-refractivity contribution < 1.29 is 27.4 Å². The summed E-state index contributed by atoms with van der Waals surface area (Å²) >= 11 is -2.00. The predicted molar refractivity (Wildman–Crippen MR) is 136 cm³/mol. The molecule has 2 aliphatic rings. The van der Waals surface area contributed by atoms with Gasteiger partial charge in [0.1, 0.15) is 0 Å². The van der Waals surface area contributed by atoms with Crippen LogP contribution in [0.4, 0.5) is 10.1 Å². The van der Waals surface area contributed by atoms with Gasteiger partial charge in [-0.15, -0.1) is 0 Å². The van der Waals surface area contributed by atoms with Crippen molar-refractivity contribution in [2.24, 2.45) is 0 Å². The molecule has 0 aromatic heterocycles. The predicted octanol–water partition coefficient (Wildman–Crippen LogP) is 2.69. The Kier molecular flexibility index (Phi) is 7.89. The molecule has 7 nitrogen and oxygen atoms in total. The molecule has 4 rings (SSSR count). The third kappa shape index (κ3) is 5.42. The van der Waals surface area contributed by atoms with Gasteiger partial charge in [-0.25, -0.2) is 0 Å². The van der Waals surface area contributed by atoms with Gasteiger partial charge in [0.05, 0.1) is 0 Å². The van der Waals surface area contributed by atoms with Crippen LogP contribution in [0.3, 0.4) is 0 Å². The molecule has 0 spiro atoms. The average molecular weight is 565 g/mol. The van der Waals surface area contributed by atoms with E-state index in [9.17, 15) is 22.7 Å². The summed E-state index contributed by atoms with van der Waals surface area (Å²) < 4.78 is 47.2. The van der Waals surface area contributed by atoms with Gasteiger partial charge in [0.15, 0.2) is 0 Å². The summed E-state index contributed by atoms with van der Waals surface area (Å²) in [5, 5.41) is 10.00. The Morgan fingerprint density at radius 1 is 1.29 bits per heavy atom. The number of rotatable bonds is 9. The topological polar surface area (TPSA) is 87.2 Å². The zero-order valence-corrected chi connectivity index (χ0v) is 22.7. The molecule has 1 fully saturated rings. The Bertz CT molecular complexity index is 1250. The molecule has 2 aromatic carbocycles. The van der Waals surface area contributed by atoms with E-state index in [-0.39, 0.29) is 32.2 Å². The second-order valence-corrected chi connectivity index (χ2v) is 16.1. The molecular formula is C25H30AsFN2O5S. The molecule has 188 valence electrons. The maximum absolute atomic E-state index is 14.0. The normalized spacial score (nSPS) is 17.8. The summed E-state index contributed by atoms with van der Waals surface area (Å²) in [6.45, 7) is 7.59. The molecule has 0 radical (unpaired) electrons. The van der Waals surface area contributed by atoms with E-state index in [4.69, 9.17) is 4.74 Å². The fourth-order valence-corrected chi connectivity index (χ4v) is 11.3. The van der Waals surface area contributed by atoms with E-state index in [1.807, 2.05) is 19.9 Å². The number of hydrogen-bond donors (Lipinski definition) is 1. The van der Waals surface area contributed by atoms with E-state index >= 15 is 0 Å². The van der Waals surface area contributed by atoms with Gasteiger partial charge in [-0.2, -0.15) is 0 Å². The second kappa shape index (κ2) is 10.7. The molecular weight excluding hydrogens is 534 g/mol. The number of likely N-dealkylation sites (N-methyl/N-ethyl adjacent to an activating group) is 1. The summed E-state index contributed by atoms with van der Waals surface area (Å²) in [4.78, 5) is 16.6. The number of ether oxygens (including phenoxy) is 1. The summed E-state index contributed by atoms with van der Waals surface area (Å²) in [6.07, 6.45) is 5.45. The standard InChI is InChI=1S/C25H30AsFN2O5S/c1-3-28(4-2)13-5-7-17-15-18(27)9-12-22(17)35(32,33)26-20-10-11-21-24(23(20)25(30)31)34-16-19-8-6-14-29(19)21/h5,7,9-12,15,19,26H,3-4,6,8,13-14,16H2,1-2H3,(H,30,31)/t19-/m0/s1. The van der Waals surface area contributed by atoms with Crippen LogP contribution in [0.1, 0.15) is 42.6 Å². The third-order valence-corrected chi connectivity index (χ3v) is 13.3. The van der Waals surface area contributed by atoms with Crippen LogP contribution in [0.15, 0.2) is 41.3 Å². The Morgan fingerprint density at radius 3 is 2.77 bits per heavy atom. The van der Waals surface area contributed by atoms with Crippen molar-refractivity contribution in [3.8, 4) is 5.75 Å². The van der Waals surface area contributed by atoms with Crippen molar-refractivity contribution in [3.05, 3.63) is 53.4 Å². The van der Waals surface area contributed by atoms with E-state index in [1.165, 1.54) is 12.1 Å². The van der Waals surface area contributed by atoms with Crippen molar-refractivity contribution in [3.63, 3.8) is 0 Å². The van der Waals surface area contributed by atoms with Crippen LogP contribution in [-0.2, 0) is 8.10 Å². The Balaban J connectivity index is 1.68. The average Bonchev–Trinajstić information content (AvgIpc) is 3.30. The second-order valence-electron chi connectivity index (χ2n) is 8.62. The van der Waals surface area contributed by atoms with Gasteiger partial charge in [-0.3, -0.25) is 0 Å². The molecule has 1 N–H and O–H groups in total. The first-order chi connectivity index (χ1) is 16.7. The first-order valence-electron chi connectivity index (χ1n) is 11.8. The Morgan fingerprint density at radius 2 is 2.06 bits per heavy atom. The van der Waals surface area contributed by atoms with Crippen molar-refractivity contribution in [1.82, 2.24) is 4.90 Å².